The molecule has 2 rings (SSSR count). The number of aromatic nitrogens is 1. The molecule has 0 bridgehead atoms. The van der Waals surface area contributed by atoms with Gasteiger partial charge in [0.2, 0.25) is 5.91 Å². The first-order valence-corrected chi connectivity index (χ1v) is 15.8. The van der Waals surface area contributed by atoms with Gasteiger partial charge >= 0.3 is 0 Å². The minimum absolute atomic E-state index is 0.00315. The van der Waals surface area contributed by atoms with E-state index in [1.807, 2.05) is 18.2 Å². The van der Waals surface area contributed by atoms with Crippen LogP contribution >= 0.6 is 11.5 Å². The molecule has 1 heterocycles. The molecule has 0 aliphatic carbocycles. The zero-order valence-corrected chi connectivity index (χ0v) is 25.4. The van der Waals surface area contributed by atoms with Crippen LogP contribution in [0.4, 0.5) is 22.1 Å². The number of amides is 1. The van der Waals surface area contributed by atoms with Crippen LogP contribution in [0.3, 0.4) is 0 Å². The molecule has 7 nitrogen and oxygen atoms in total. The van der Waals surface area contributed by atoms with Crippen LogP contribution < -0.4 is 10.2 Å². The van der Waals surface area contributed by atoms with Crippen LogP contribution in [0.5, 0.6) is 0 Å². The van der Waals surface area contributed by atoms with Gasteiger partial charge in [-0.25, -0.2) is 0 Å². The van der Waals surface area contributed by atoms with Crippen LogP contribution in [0.1, 0.15) is 122 Å². The Morgan fingerprint density at radius 2 is 1.54 bits per heavy atom. The molecule has 0 spiro atoms. The molecule has 2 aromatic rings. The van der Waals surface area contributed by atoms with Gasteiger partial charge in [-0.3, -0.25) is 4.79 Å². The van der Waals surface area contributed by atoms with E-state index in [4.69, 9.17) is 0 Å². The van der Waals surface area contributed by atoms with Gasteiger partial charge in [0.05, 0.1) is 11.4 Å². The van der Waals surface area contributed by atoms with Crippen molar-refractivity contribution < 1.29 is 4.79 Å². The van der Waals surface area contributed by atoms with Crippen molar-refractivity contribution in [1.82, 2.24) is 4.37 Å². The minimum Gasteiger partial charge on any atom is -0.371 e. The number of hydrogen-bond donors (Lipinski definition) is 1. The van der Waals surface area contributed by atoms with Gasteiger partial charge in [-0.15, -0.1) is 10.2 Å². The number of nitriles is 1. The topological polar surface area (TPSA) is 93.7 Å². The van der Waals surface area contributed by atoms with Crippen molar-refractivity contribution in [3.8, 4) is 6.07 Å². The number of aryl methyl sites for hydroxylation is 1. The highest BCUT2D eigenvalue weighted by Gasteiger charge is 2.13. The van der Waals surface area contributed by atoms with E-state index in [2.05, 4.69) is 51.7 Å². The smallest absolute Gasteiger partial charge is 0.224 e. The van der Waals surface area contributed by atoms with Gasteiger partial charge in [0, 0.05) is 25.2 Å². The number of unbranched alkanes of at least 4 members (excludes halogenated alkanes) is 10. The quantitative estimate of drug-likeness (QED) is 0.131. The molecule has 0 aliphatic heterocycles. The molecule has 0 saturated heterocycles. The van der Waals surface area contributed by atoms with Crippen LogP contribution in [-0.2, 0) is 4.79 Å². The molecule has 1 N–H and O–H groups in total. The Morgan fingerprint density at radius 1 is 0.923 bits per heavy atom. The van der Waals surface area contributed by atoms with Gasteiger partial charge in [0.1, 0.15) is 17.3 Å². The second-order valence-electron chi connectivity index (χ2n) is 10.3. The maximum atomic E-state index is 12.9. The number of anilines is 2. The van der Waals surface area contributed by atoms with Gasteiger partial charge in [-0.2, -0.15) is 9.64 Å². The normalized spacial score (nSPS) is 11.2. The van der Waals surface area contributed by atoms with E-state index in [9.17, 15) is 10.1 Å². The summed E-state index contributed by atoms with van der Waals surface area (Å²) in [6, 6.07) is 8.08. The highest BCUT2D eigenvalue weighted by molar-refractivity contribution is 7.10. The molecule has 0 fully saturated rings. The lowest BCUT2D eigenvalue weighted by Gasteiger charge is -2.24. The Kier molecular flexibility index (Phi) is 16.0. The molecule has 0 unspecified atom stereocenters. The van der Waals surface area contributed by atoms with E-state index in [1.54, 1.807) is 6.92 Å². The molecule has 0 radical (unpaired) electrons. The molecule has 214 valence electrons. The van der Waals surface area contributed by atoms with Crippen LogP contribution in [0, 0.1) is 18.3 Å². The molecule has 0 aliphatic rings. The van der Waals surface area contributed by atoms with Crippen LogP contribution in [0.25, 0.3) is 0 Å². The molecule has 8 heteroatoms. The summed E-state index contributed by atoms with van der Waals surface area (Å²) >= 11 is 1.16. The third-order valence-corrected chi connectivity index (χ3v) is 7.64. The molecule has 39 heavy (non-hydrogen) atoms. The molecule has 1 aromatic heterocycles. The summed E-state index contributed by atoms with van der Waals surface area (Å²) in [6.07, 6.45) is 16.4. The summed E-state index contributed by atoms with van der Waals surface area (Å²) in [6.45, 7) is 10.3. The van der Waals surface area contributed by atoms with Crippen molar-refractivity contribution in [1.29, 1.82) is 5.26 Å². The second-order valence-corrected chi connectivity index (χ2v) is 11.0. The lowest BCUT2D eigenvalue weighted by atomic mass is 10.1. The highest BCUT2D eigenvalue weighted by atomic mass is 32.1. The van der Waals surface area contributed by atoms with E-state index in [-0.39, 0.29) is 5.91 Å². The first kappa shape index (κ1) is 32.4. The van der Waals surface area contributed by atoms with E-state index in [0.29, 0.717) is 34.1 Å². The van der Waals surface area contributed by atoms with Crippen molar-refractivity contribution >= 4 is 39.5 Å². The maximum absolute atomic E-state index is 12.9. The predicted octanol–water partition coefficient (Wildman–Crippen LogP) is 10.0. The molecular weight excluding hydrogens is 504 g/mol. The maximum Gasteiger partial charge on any atom is 0.224 e. The molecular formula is C31H48N6OS. The third kappa shape index (κ3) is 11.9. The zero-order chi connectivity index (χ0) is 28.3. The lowest BCUT2D eigenvalue weighted by Crippen LogP contribution is -2.25. The molecule has 0 saturated carbocycles. The average Bonchev–Trinajstić information content (AvgIpc) is 3.29. The zero-order valence-electron chi connectivity index (χ0n) is 24.6. The van der Waals surface area contributed by atoms with Gasteiger partial charge < -0.3 is 10.2 Å². The summed E-state index contributed by atoms with van der Waals surface area (Å²) in [5.74, 6) is 0.00315. The summed E-state index contributed by atoms with van der Waals surface area (Å²) in [7, 11) is 0. The van der Waals surface area contributed by atoms with Crippen molar-refractivity contribution in [2.24, 2.45) is 10.2 Å². The highest BCUT2D eigenvalue weighted by Crippen LogP contribution is 2.34. The van der Waals surface area contributed by atoms with Crippen LogP contribution in [0.15, 0.2) is 28.4 Å². The average molecular weight is 553 g/mol. The van der Waals surface area contributed by atoms with E-state index in [1.165, 1.54) is 57.8 Å². The SMILES string of the molecule is CCCCCCCCCCCCCC(=O)Nc1cc(N(CCC)CCC)ccc1N=Nc1snc(C)c1C#N. The fourth-order valence-electron chi connectivity index (χ4n) is 4.63. The minimum atomic E-state index is 0.00315. The van der Waals surface area contributed by atoms with Crippen molar-refractivity contribution in [3.63, 3.8) is 0 Å². The number of hydrogen-bond acceptors (Lipinski definition) is 7. The number of benzene rings is 1. The fraction of sp³-hybridized carbons (Fsp3) is 0.645. The number of rotatable bonds is 20. The van der Waals surface area contributed by atoms with Gasteiger partial charge in [-0.05, 0) is 55.9 Å². The summed E-state index contributed by atoms with van der Waals surface area (Å²) < 4.78 is 4.22. The number of nitrogens with one attached hydrogen (secondary N) is 1. The molecule has 1 amide bonds. The number of azo groups is 1. The summed E-state index contributed by atoms with van der Waals surface area (Å²) in [5.41, 5.74) is 3.39. The van der Waals surface area contributed by atoms with E-state index >= 15 is 0 Å². The van der Waals surface area contributed by atoms with Crippen LogP contribution in [0.2, 0.25) is 0 Å². The molecule has 0 atom stereocenters. The number of carbonyl (C=O) groups is 1. The molecule has 1 aromatic carbocycles. The van der Waals surface area contributed by atoms with Gasteiger partial charge in [0.25, 0.3) is 0 Å². The van der Waals surface area contributed by atoms with Crippen molar-refractivity contribution in [2.75, 3.05) is 23.3 Å². The Labute approximate surface area is 240 Å². The lowest BCUT2D eigenvalue weighted by molar-refractivity contribution is -0.116. The van der Waals surface area contributed by atoms with E-state index < -0.39 is 0 Å². The largest absolute Gasteiger partial charge is 0.371 e. The standard InChI is InChI=1S/C31H48N6OS/c1-5-8-9-10-11-12-13-14-15-16-17-18-30(38)33-29-23-26(37(21-6-2)22-7-3)19-20-28(29)34-35-31-27(24-32)25(4)36-39-31/h19-20,23H,5-18,21-22H2,1-4H3,(H,33,38). The fourth-order valence-corrected chi connectivity index (χ4v) is 5.31. The first-order valence-electron chi connectivity index (χ1n) is 15.0. The summed E-state index contributed by atoms with van der Waals surface area (Å²) in [5, 5.41) is 21.7. The first-order chi connectivity index (χ1) is 19.0. The number of carbonyl (C=O) groups excluding carboxylic acids is 1. The van der Waals surface area contributed by atoms with Crippen LogP contribution in [-0.4, -0.2) is 23.4 Å². The summed E-state index contributed by atoms with van der Waals surface area (Å²) in [4.78, 5) is 15.2. The monoisotopic (exact) mass is 552 g/mol. The Hall–Kier alpha value is -2.79. The Balaban J connectivity index is 1.98. The van der Waals surface area contributed by atoms with E-state index in [0.717, 1.165) is 56.0 Å². The van der Waals surface area contributed by atoms with Crippen molar-refractivity contribution in [3.05, 3.63) is 29.5 Å². The second kappa shape index (κ2) is 19.3. The third-order valence-electron chi connectivity index (χ3n) is 6.82. The van der Waals surface area contributed by atoms with Crippen molar-refractivity contribution in [2.45, 2.75) is 118 Å². The Bertz CT molecular complexity index is 1050. The number of nitrogens with zero attached hydrogens (tertiary/aromatic N) is 5. The van der Waals surface area contributed by atoms with Gasteiger partial charge in [0.15, 0.2) is 5.00 Å². The Morgan fingerprint density at radius 3 is 2.13 bits per heavy atom. The van der Waals surface area contributed by atoms with Gasteiger partial charge in [-0.1, -0.05) is 85.0 Å². The predicted molar refractivity (Wildman–Crippen MR) is 165 cm³/mol.